The van der Waals surface area contributed by atoms with E-state index in [-0.39, 0.29) is 11.9 Å². The van der Waals surface area contributed by atoms with E-state index in [0.717, 1.165) is 44.6 Å². The van der Waals surface area contributed by atoms with Crippen molar-refractivity contribution in [1.29, 1.82) is 0 Å². The summed E-state index contributed by atoms with van der Waals surface area (Å²) in [7, 11) is 0. The standard InChI is InChI=1S/C29H27N3O/c1-4-27(33)32-26(22-15-9-8-12-19(22)2)18-25(31-32)28-20(3)30-24-17-11-10-16-23(24)29(28)21-13-6-5-7-14-21/h5-17,26H,4,18H2,1-3H3. The number of nitrogens with zero attached hydrogens (tertiary/aromatic N) is 3. The minimum Gasteiger partial charge on any atom is -0.273 e. The van der Waals surface area contributed by atoms with Gasteiger partial charge in [-0.2, -0.15) is 5.10 Å². The molecule has 1 aliphatic rings. The maximum atomic E-state index is 12.9. The van der Waals surface area contributed by atoms with E-state index in [9.17, 15) is 4.79 Å². The monoisotopic (exact) mass is 433 g/mol. The highest BCUT2D eigenvalue weighted by molar-refractivity contribution is 6.14. The van der Waals surface area contributed by atoms with E-state index in [1.807, 2.05) is 38.1 Å². The highest BCUT2D eigenvalue weighted by Gasteiger charge is 2.35. The Balaban J connectivity index is 1.73. The van der Waals surface area contributed by atoms with Gasteiger partial charge in [0, 0.05) is 35.0 Å². The number of aryl methyl sites for hydroxylation is 2. The molecule has 1 aliphatic heterocycles. The van der Waals surface area contributed by atoms with Gasteiger partial charge in [-0.05, 0) is 36.6 Å². The fraction of sp³-hybridized carbons (Fsp3) is 0.207. The van der Waals surface area contributed by atoms with E-state index >= 15 is 0 Å². The zero-order chi connectivity index (χ0) is 22.9. The average molecular weight is 434 g/mol. The van der Waals surface area contributed by atoms with E-state index in [2.05, 4.69) is 61.5 Å². The molecule has 4 nitrogen and oxygen atoms in total. The molecular weight excluding hydrogens is 406 g/mol. The summed E-state index contributed by atoms with van der Waals surface area (Å²) in [4.78, 5) is 17.9. The van der Waals surface area contributed by atoms with Gasteiger partial charge in [-0.3, -0.25) is 9.78 Å². The maximum absolute atomic E-state index is 12.9. The van der Waals surface area contributed by atoms with Gasteiger partial charge in [-0.25, -0.2) is 5.01 Å². The Morgan fingerprint density at radius 1 is 0.909 bits per heavy atom. The van der Waals surface area contributed by atoms with Crippen molar-refractivity contribution in [3.63, 3.8) is 0 Å². The van der Waals surface area contributed by atoms with Crippen molar-refractivity contribution in [3.8, 4) is 11.1 Å². The van der Waals surface area contributed by atoms with Crippen molar-refractivity contribution in [2.75, 3.05) is 0 Å². The second-order valence-electron chi connectivity index (χ2n) is 8.55. The van der Waals surface area contributed by atoms with Crippen LogP contribution in [-0.4, -0.2) is 21.6 Å². The number of amides is 1. The lowest BCUT2D eigenvalue weighted by molar-refractivity contribution is -0.132. The SMILES string of the molecule is CCC(=O)N1N=C(c2c(C)nc3ccccc3c2-c2ccccc2)CC1c1ccccc1C. The number of hydrogen-bond donors (Lipinski definition) is 0. The molecule has 164 valence electrons. The zero-order valence-corrected chi connectivity index (χ0v) is 19.2. The van der Waals surface area contributed by atoms with Crippen LogP contribution in [-0.2, 0) is 4.79 Å². The second kappa shape index (κ2) is 8.62. The fourth-order valence-corrected chi connectivity index (χ4v) is 4.85. The van der Waals surface area contributed by atoms with Crippen molar-refractivity contribution in [2.24, 2.45) is 5.10 Å². The molecule has 1 atom stereocenters. The normalized spacial score (nSPS) is 15.7. The third-order valence-electron chi connectivity index (χ3n) is 6.44. The van der Waals surface area contributed by atoms with Gasteiger partial charge in [-0.1, -0.05) is 79.7 Å². The molecule has 4 heteroatoms. The van der Waals surface area contributed by atoms with Crippen LogP contribution in [0, 0.1) is 13.8 Å². The Kier molecular flexibility index (Phi) is 5.51. The molecule has 0 saturated heterocycles. The molecule has 0 saturated carbocycles. The van der Waals surface area contributed by atoms with Crippen LogP contribution >= 0.6 is 0 Å². The quantitative estimate of drug-likeness (QED) is 0.364. The van der Waals surface area contributed by atoms with Crippen LogP contribution in [0.4, 0.5) is 0 Å². The Morgan fingerprint density at radius 2 is 1.61 bits per heavy atom. The number of pyridine rings is 1. The highest BCUT2D eigenvalue weighted by atomic mass is 16.2. The van der Waals surface area contributed by atoms with Crippen LogP contribution in [0.2, 0.25) is 0 Å². The van der Waals surface area contributed by atoms with Crippen molar-refractivity contribution in [1.82, 2.24) is 9.99 Å². The van der Waals surface area contributed by atoms with Gasteiger partial charge in [0.25, 0.3) is 0 Å². The van der Waals surface area contributed by atoms with Crippen LogP contribution < -0.4 is 0 Å². The lowest BCUT2D eigenvalue weighted by Gasteiger charge is -2.23. The van der Waals surface area contributed by atoms with Crippen LogP contribution in [0.1, 0.15) is 48.2 Å². The first-order valence-corrected chi connectivity index (χ1v) is 11.5. The number of hydrogen-bond acceptors (Lipinski definition) is 3. The summed E-state index contributed by atoms with van der Waals surface area (Å²) >= 11 is 0. The van der Waals surface area contributed by atoms with Gasteiger partial charge >= 0.3 is 0 Å². The summed E-state index contributed by atoms with van der Waals surface area (Å²) in [5, 5.41) is 7.73. The molecule has 0 fully saturated rings. The third kappa shape index (κ3) is 3.72. The minimum atomic E-state index is -0.108. The summed E-state index contributed by atoms with van der Waals surface area (Å²) in [6.07, 6.45) is 1.08. The second-order valence-corrected chi connectivity index (χ2v) is 8.55. The van der Waals surface area contributed by atoms with Gasteiger partial charge in [0.05, 0.1) is 17.3 Å². The van der Waals surface area contributed by atoms with E-state index < -0.39 is 0 Å². The molecule has 1 amide bonds. The Labute approximate surface area is 194 Å². The number of carbonyl (C=O) groups excluding carboxylic acids is 1. The lowest BCUT2D eigenvalue weighted by atomic mass is 9.88. The molecule has 0 bridgehead atoms. The van der Waals surface area contributed by atoms with Crippen molar-refractivity contribution < 1.29 is 4.79 Å². The van der Waals surface area contributed by atoms with Crippen LogP contribution in [0.3, 0.4) is 0 Å². The number of para-hydroxylation sites is 1. The first kappa shape index (κ1) is 21.1. The largest absolute Gasteiger partial charge is 0.273 e. The van der Waals surface area contributed by atoms with Crippen LogP contribution in [0.15, 0.2) is 84.0 Å². The third-order valence-corrected chi connectivity index (χ3v) is 6.44. The van der Waals surface area contributed by atoms with Crippen molar-refractivity contribution in [2.45, 2.75) is 39.7 Å². The average Bonchev–Trinajstić information content (AvgIpc) is 3.28. The Morgan fingerprint density at radius 3 is 2.36 bits per heavy atom. The van der Waals surface area contributed by atoms with E-state index in [1.54, 1.807) is 5.01 Å². The molecule has 1 aromatic heterocycles. The van der Waals surface area contributed by atoms with Gasteiger partial charge in [0.2, 0.25) is 5.91 Å². The van der Waals surface area contributed by atoms with Crippen LogP contribution in [0.5, 0.6) is 0 Å². The van der Waals surface area contributed by atoms with Gasteiger partial charge in [0.15, 0.2) is 0 Å². The first-order chi connectivity index (χ1) is 16.1. The van der Waals surface area contributed by atoms with E-state index in [1.165, 1.54) is 5.56 Å². The lowest BCUT2D eigenvalue weighted by Crippen LogP contribution is -2.26. The maximum Gasteiger partial charge on any atom is 0.242 e. The Bertz CT molecular complexity index is 1370. The molecule has 0 radical (unpaired) electrons. The molecule has 0 N–H and O–H groups in total. The summed E-state index contributed by atoms with van der Waals surface area (Å²) in [6, 6.07) is 26.8. The fourth-order valence-electron chi connectivity index (χ4n) is 4.85. The van der Waals surface area contributed by atoms with Gasteiger partial charge in [0.1, 0.15) is 0 Å². The summed E-state index contributed by atoms with van der Waals surface area (Å²) in [6.45, 7) is 6.03. The smallest absolute Gasteiger partial charge is 0.242 e. The van der Waals surface area contributed by atoms with E-state index in [0.29, 0.717) is 12.8 Å². The number of benzene rings is 3. The molecule has 2 heterocycles. The minimum absolute atomic E-state index is 0.0333. The number of aromatic nitrogens is 1. The topological polar surface area (TPSA) is 45.6 Å². The predicted octanol–water partition coefficient (Wildman–Crippen LogP) is 6.61. The molecular formula is C29H27N3O. The van der Waals surface area contributed by atoms with Gasteiger partial charge < -0.3 is 0 Å². The number of hydrazone groups is 1. The predicted molar refractivity (Wildman–Crippen MR) is 134 cm³/mol. The summed E-state index contributed by atoms with van der Waals surface area (Å²) in [5.41, 5.74) is 8.42. The van der Waals surface area contributed by atoms with Crippen LogP contribution in [0.25, 0.3) is 22.0 Å². The molecule has 0 aliphatic carbocycles. The highest BCUT2D eigenvalue weighted by Crippen LogP contribution is 2.40. The molecule has 4 aromatic rings. The van der Waals surface area contributed by atoms with Crippen molar-refractivity contribution >= 4 is 22.5 Å². The van der Waals surface area contributed by atoms with E-state index in [4.69, 9.17) is 10.1 Å². The molecule has 3 aromatic carbocycles. The number of carbonyl (C=O) groups is 1. The zero-order valence-electron chi connectivity index (χ0n) is 19.2. The first-order valence-electron chi connectivity index (χ1n) is 11.5. The summed E-state index contributed by atoms with van der Waals surface area (Å²) in [5.74, 6) is 0.0333. The Hall–Kier alpha value is -3.79. The number of rotatable bonds is 4. The number of fused-ring (bicyclic) bond motifs is 1. The van der Waals surface area contributed by atoms with Crippen molar-refractivity contribution in [3.05, 3.63) is 101 Å². The molecule has 1 unspecified atom stereocenters. The van der Waals surface area contributed by atoms with Gasteiger partial charge in [-0.15, -0.1) is 0 Å². The molecule has 0 spiro atoms. The molecule has 5 rings (SSSR count). The summed E-state index contributed by atoms with van der Waals surface area (Å²) < 4.78 is 0. The molecule has 33 heavy (non-hydrogen) atoms.